The standard InChI is InChI=1S/C33H38N4O2/c1-5-36(6-2)21-11-20-34-32(38)23(4)37-31(25-12-7-8-13-26(25)33(37)39)29-27-14-9-10-15-28(27)35-30(29)24-18-16-22(3)17-19-24/h7-10,12-19,23,31,35H,5-6,11,20-21H2,1-4H3,(H,34,38)/t23-,31-/m0/s1. The molecule has 202 valence electrons. The van der Waals surface area contributed by atoms with Crippen molar-refractivity contribution >= 4 is 22.7 Å². The highest BCUT2D eigenvalue weighted by Crippen LogP contribution is 2.46. The summed E-state index contributed by atoms with van der Waals surface area (Å²) in [4.78, 5) is 35.1. The molecule has 39 heavy (non-hydrogen) atoms. The van der Waals surface area contributed by atoms with E-state index in [-0.39, 0.29) is 11.8 Å². The van der Waals surface area contributed by atoms with Gasteiger partial charge in [-0.3, -0.25) is 9.59 Å². The number of H-pyrrole nitrogens is 1. The maximum atomic E-state index is 13.9. The monoisotopic (exact) mass is 522 g/mol. The molecule has 1 aliphatic rings. The van der Waals surface area contributed by atoms with E-state index < -0.39 is 12.1 Å². The van der Waals surface area contributed by atoms with Crippen molar-refractivity contribution in [2.45, 2.75) is 46.2 Å². The molecule has 0 unspecified atom stereocenters. The number of nitrogens with zero attached hydrogens (tertiary/aromatic N) is 2. The van der Waals surface area contributed by atoms with Gasteiger partial charge in [0.1, 0.15) is 6.04 Å². The Morgan fingerprint density at radius 1 is 1.00 bits per heavy atom. The average molecular weight is 523 g/mol. The number of nitrogens with one attached hydrogen (secondary N) is 2. The Labute approximate surface area is 231 Å². The normalized spacial score (nSPS) is 15.7. The van der Waals surface area contributed by atoms with Crippen molar-refractivity contribution in [3.8, 4) is 11.3 Å². The molecule has 2 N–H and O–H groups in total. The number of carbonyl (C=O) groups is 2. The lowest BCUT2D eigenvalue weighted by Gasteiger charge is -2.31. The molecule has 0 aliphatic carbocycles. The van der Waals surface area contributed by atoms with Gasteiger partial charge in [0.05, 0.1) is 11.7 Å². The number of hydrogen-bond donors (Lipinski definition) is 2. The molecule has 1 aromatic heterocycles. The number of aromatic nitrogens is 1. The summed E-state index contributed by atoms with van der Waals surface area (Å²) in [5.41, 5.74) is 6.83. The molecule has 2 heterocycles. The number of benzene rings is 3. The van der Waals surface area contributed by atoms with E-state index in [4.69, 9.17) is 0 Å². The van der Waals surface area contributed by atoms with Crippen LogP contribution in [-0.4, -0.2) is 58.8 Å². The molecule has 6 heteroatoms. The molecule has 0 spiro atoms. The fraction of sp³-hybridized carbons (Fsp3) is 0.333. The summed E-state index contributed by atoms with van der Waals surface area (Å²) in [5, 5.41) is 4.15. The van der Waals surface area contributed by atoms with Crippen LogP contribution in [0.3, 0.4) is 0 Å². The van der Waals surface area contributed by atoms with E-state index in [0.29, 0.717) is 12.1 Å². The summed E-state index contributed by atoms with van der Waals surface area (Å²) in [7, 11) is 0. The molecule has 4 aromatic rings. The molecule has 0 bridgehead atoms. The van der Waals surface area contributed by atoms with Crippen LogP contribution in [0.2, 0.25) is 0 Å². The van der Waals surface area contributed by atoms with Gasteiger partial charge < -0.3 is 20.1 Å². The first-order valence-electron chi connectivity index (χ1n) is 14.0. The molecule has 2 amide bonds. The van der Waals surface area contributed by atoms with Crippen molar-refractivity contribution in [1.29, 1.82) is 0 Å². The third-order valence-corrected chi connectivity index (χ3v) is 8.00. The Morgan fingerprint density at radius 3 is 2.44 bits per heavy atom. The molecule has 5 rings (SSSR count). The summed E-state index contributed by atoms with van der Waals surface area (Å²) < 4.78 is 0. The molecule has 0 fully saturated rings. The number of para-hydroxylation sites is 1. The second-order valence-corrected chi connectivity index (χ2v) is 10.4. The number of aryl methyl sites for hydroxylation is 1. The van der Waals surface area contributed by atoms with Gasteiger partial charge in [-0.1, -0.05) is 80.1 Å². The van der Waals surface area contributed by atoms with Gasteiger partial charge in [-0.2, -0.15) is 0 Å². The van der Waals surface area contributed by atoms with Crippen molar-refractivity contribution in [1.82, 2.24) is 20.1 Å². The van der Waals surface area contributed by atoms with E-state index in [0.717, 1.165) is 59.3 Å². The van der Waals surface area contributed by atoms with Gasteiger partial charge in [-0.15, -0.1) is 0 Å². The van der Waals surface area contributed by atoms with E-state index in [1.165, 1.54) is 5.56 Å². The Morgan fingerprint density at radius 2 is 1.69 bits per heavy atom. The second kappa shape index (κ2) is 11.5. The average Bonchev–Trinajstić information content (AvgIpc) is 3.48. The Kier molecular flexibility index (Phi) is 7.84. The number of hydrogen-bond acceptors (Lipinski definition) is 3. The third kappa shape index (κ3) is 5.09. The van der Waals surface area contributed by atoms with Crippen LogP contribution in [0.5, 0.6) is 0 Å². The summed E-state index contributed by atoms with van der Waals surface area (Å²) in [6, 6.07) is 23.4. The van der Waals surface area contributed by atoms with E-state index in [1.807, 2.05) is 43.3 Å². The molecular formula is C33H38N4O2. The van der Waals surface area contributed by atoms with Crippen LogP contribution in [0.1, 0.15) is 60.3 Å². The quantitative estimate of drug-likeness (QED) is 0.254. The minimum atomic E-state index is -0.636. The van der Waals surface area contributed by atoms with E-state index in [2.05, 4.69) is 72.4 Å². The maximum absolute atomic E-state index is 13.9. The third-order valence-electron chi connectivity index (χ3n) is 8.00. The number of carbonyl (C=O) groups excluding carboxylic acids is 2. The highest BCUT2D eigenvalue weighted by molar-refractivity contribution is 6.04. The largest absolute Gasteiger partial charge is 0.354 e. The minimum absolute atomic E-state index is 0.110. The summed E-state index contributed by atoms with van der Waals surface area (Å²) in [6.45, 7) is 11.7. The molecule has 1 aliphatic heterocycles. The van der Waals surface area contributed by atoms with Gasteiger partial charge in [0, 0.05) is 28.6 Å². The van der Waals surface area contributed by atoms with Gasteiger partial charge in [-0.25, -0.2) is 0 Å². The van der Waals surface area contributed by atoms with Crippen LogP contribution in [0.25, 0.3) is 22.2 Å². The first kappa shape index (κ1) is 26.7. The lowest BCUT2D eigenvalue weighted by molar-refractivity contribution is -0.125. The first-order chi connectivity index (χ1) is 18.9. The molecule has 2 atom stereocenters. The smallest absolute Gasteiger partial charge is 0.255 e. The molecule has 0 radical (unpaired) electrons. The Hall–Kier alpha value is -3.90. The van der Waals surface area contributed by atoms with Crippen LogP contribution < -0.4 is 5.32 Å². The van der Waals surface area contributed by atoms with Crippen molar-refractivity contribution in [3.63, 3.8) is 0 Å². The Balaban J connectivity index is 1.54. The fourth-order valence-electron chi connectivity index (χ4n) is 5.75. The van der Waals surface area contributed by atoms with E-state index >= 15 is 0 Å². The van der Waals surface area contributed by atoms with Gasteiger partial charge >= 0.3 is 0 Å². The SMILES string of the molecule is CCN(CC)CCCNC(=O)[C@H](C)N1C(=O)c2ccccc2[C@H]1c1c(-c2ccc(C)cc2)[nH]c2ccccc12. The van der Waals surface area contributed by atoms with Crippen molar-refractivity contribution in [2.24, 2.45) is 0 Å². The summed E-state index contributed by atoms with van der Waals surface area (Å²) in [6.07, 6.45) is 0.873. The van der Waals surface area contributed by atoms with Gasteiger partial charge in [0.2, 0.25) is 5.91 Å². The predicted molar refractivity (Wildman–Crippen MR) is 158 cm³/mol. The van der Waals surface area contributed by atoms with Crippen LogP contribution in [-0.2, 0) is 4.79 Å². The highest BCUT2D eigenvalue weighted by Gasteiger charge is 2.44. The van der Waals surface area contributed by atoms with Gasteiger partial charge in [0.25, 0.3) is 5.91 Å². The summed E-state index contributed by atoms with van der Waals surface area (Å²) >= 11 is 0. The molecule has 3 aromatic carbocycles. The van der Waals surface area contributed by atoms with Crippen molar-refractivity contribution < 1.29 is 9.59 Å². The highest BCUT2D eigenvalue weighted by atomic mass is 16.2. The molecule has 0 saturated carbocycles. The van der Waals surface area contributed by atoms with Crippen LogP contribution in [0.4, 0.5) is 0 Å². The Bertz CT molecular complexity index is 1470. The lowest BCUT2D eigenvalue weighted by atomic mass is 9.92. The summed E-state index contributed by atoms with van der Waals surface area (Å²) in [5.74, 6) is -0.237. The minimum Gasteiger partial charge on any atom is -0.354 e. The number of rotatable bonds is 10. The van der Waals surface area contributed by atoms with Crippen LogP contribution in [0, 0.1) is 6.92 Å². The van der Waals surface area contributed by atoms with E-state index in [1.54, 1.807) is 4.90 Å². The molecule has 6 nitrogen and oxygen atoms in total. The zero-order chi connectivity index (χ0) is 27.5. The number of fused-ring (bicyclic) bond motifs is 2. The number of aromatic amines is 1. The van der Waals surface area contributed by atoms with Crippen LogP contribution >= 0.6 is 0 Å². The van der Waals surface area contributed by atoms with Gasteiger partial charge in [-0.05, 0) is 63.2 Å². The zero-order valence-electron chi connectivity index (χ0n) is 23.3. The maximum Gasteiger partial charge on any atom is 0.255 e. The first-order valence-corrected chi connectivity index (χ1v) is 14.0. The topological polar surface area (TPSA) is 68.4 Å². The molecule has 0 saturated heterocycles. The second-order valence-electron chi connectivity index (χ2n) is 10.4. The van der Waals surface area contributed by atoms with E-state index in [9.17, 15) is 9.59 Å². The van der Waals surface area contributed by atoms with Crippen molar-refractivity contribution in [2.75, 3.05) is 26.2 Å². The predicted octanol–water partition coefficient (Wildman–Crippen LogP) is 5.93. The lowest BCUT2D eigenvalue weighted by Crippen LogP contribution is -2.47. The van der Waals surface area contributed by atoms with Crippen molar-refractivity contribution in [3.05, 3.63) is 95.1 Å². The zero-order valence-corrected chi connectivity index (χ0v) is 23.3. The van der Waals surface area contributed by atoms with Crippen LogP contribution in [0.15, 0.2) is 72.8 Å². The number of amides is 2. The fourth-order valence-corrected chi connectivity index (χ4v) is 5.75. The van der Waals surface area contributed by atoms with Gasteiger partial charge in [0.15, 0.2) is 0 Å². The molecular weight excluding hydrogens is 484 g/mol.